The molecule has 8 heteroatoms. The number of piperidine rings is 1. The van der Waals surface area contributed by atoms with Gasteiger partial charge in [0.05, 0.1) is 4.92 Å². The average molecular weight is 297 g/mol. The van der Waals surface area contributed by atoms with Crippen molar-refractivity contribution in [2.75, 3.05) is 19.7 Å². The fourth-order valence-corrected chi connectivity index (χ4v) is 2.12. The number of rotatable bonds is 5. The lowest BCUT2D eigenvalue weighted by Gasteiger charge is -2.23. The fraction of sp³-hybridized carbons (Fsp3) is 0.462. The molecule has 0 aromatic heterocycles. The second kappa shape index (κ2) is 6.98. The van der Waals surface area contributed by atoms with Crippen LogP contribution in [0.3, 0.4) is 0 Å². The van der Waals surface area contributed by atoms with E-state index in [0.717, 1.165) is 38.1 Å². The summed E-state index contributed by atoms with van der Waals surface area (Å²) in [6.45, 7) is 1.41. The number of hydrogen-bond donors (Lipinski definition) is 2. The Balaban J connectivity index is 1.83. The third-order valence-electron chi connectivity index (χ3n) is 3.15. The molecular formula is C13H16FN3O4. The summed E-state index contributed by atoms with van der Waals surface area (Å²) in [5.41, 5.74) is -0.625. The first kappa shape index (κ1) is 15.2. The van der Waals surface area contributed by atoms with Gasteiger partial charge in [-0.1, -0.05) is 0 Å². The van der Waals surface area contributed by atoms with E-state index < -0.39 is 16.4 Å². The summed E-state index contributed by atoms with van der Waals surface area (Å²) in [4.78, 5) is 21.3. The third kappa shape index (κ3) is 4.38. The monoisotopic (exact) mass is 297 g/mol. The summed E-state index contributed by atoms with van der Waals surface area (Å²) in [5, 5.41) is 16.4. The second-order valence-electron chi connectivity index (χ2n) is 4.77. The lowest BCUT2D eigenvalue weighted by molar-refractivity contribution is -0.387. The van der Waals surface area contributed by atoms with E-state index in [0.29, 0.717) is 0 Å². The van der Waals surface area contributed by atoms with Gasteiger partial charge in [0, 0.05) is 24.7 Å². The summed E-state index contributed by atoms with van der Waals surface area (Å²) in [6, 6.07) is 3.24. The van der Waals surface area contributed by atoms with Gasteiger partial charge in [0.25, 0.3) is 5.91 Å². The highest BCUT2D eigenvalue weighted by Crippen LogP contribution is 2.22. The molecule has 1 aliphatic heterocycles. The maximum Gasteiger partial charge on any atom is 0.305 e. The number of nitro benzene ring substituents is 1. The van der Waals surface area contributed by atoms with Gasteiger partial charge in [-0.05, 0) is 25.5 Å². The van der Waals surface area contributed by atoms with Crippen molar-refractivity contribution in [1.29, 1.82) is 0 Å². The lowest BCUT2D eigenvalue weighted by atomic mass is 10.1. The molecule has 2 rings (SSSR count). The first-order chi connectivity index (χ1) is 10.1. The molecule has 0 saturated carbocycles. The number of hydrogen-bond acceptors (Lipinski definition) is 5. The van der Waals surface area contributed by atoms with Crippen LogP contribution in [0.1, 0.15) is 12.8 Å². The molecule has 1 aromatic carbocycles. The predicted octanol–water partition coefficient (Wildman–Crippen LogP) is 0.981. The molecule has 2 N–H and O–H groups in total. The molecule has 21 heavy (non-hydrogen) atoms. The Bertz CT molecular complexity index is 532. The number of nitro groups is 1. The average Bonchev–Trinajstić information content (AvgIpc) is 2.46. The van der Waals surface area contributed by atoms with E-state index in [1.54, 1.807) is 0 Å². The van der Waals surface area contributed by atoms with Crippen molar-refractivity contribution in [1.82, 2.24) is 10.6 Å². The zero-order chi connectivity index (χ0) is 15.2. The number of carbonyl (C=O) groups is 1. The predicted molar refractivity (Wildman–Crippen MR) is 72.6 cm³/mol. The van der Waals surface area contributed by atoms with Gasteiger partial charge in [-0.3, -0.25) is 14.9 Å². The van der Waals surface area contributed by atoms with E-state index in [-0.39, 0.29) is 24.3 Å². The summed E-state index contributed by atoms with van der Waals surface area (Å²) < 4.78 is 18.5. The van der Waals surface area contributed by atoms with Crippen LogP contribution in [-0.4, -0.2) is 36.6 Å². The first-order valence-corrected chi connectivity index (χ1v) is 6.63. The number of benzene rings is 1. The van der Waals surface area contributed by atoms with Crippen molar-refractivity contribution in [3.8, 4) is 5.75 Å². The van der Waals surface area contributed by atoms with Gasteiger partial charge in [0.15, 0.2) is 6.61 Å². The normalized spacial score (nSPS) is 18.0. The Hall–Kier alpha value is -2.22. The topological polar surface area (TPSA) is 93.5 Å². The highest BCUT2D eigenvalue weighted by molar-refractivity contribution is 5.77. The molecule has 1 atom stereocenters. The van der Waals surface area contributed by atoms with Crippen LogP contribution in [0, 0.1) is 15.9 Å². The van der Waals surface area contributed by atoms with E-state index >= 15 is 0 Å². The largest absolute Gasteiger partial charge is 0.484 e. The number of nitrogens with zero attached hydrogens (tertiary/aromatic N) is 1. The quantitative estimate of drug-likeness (QED) is 0.624. The van der Waals surface area contributed by atoms with Gasteiger partial charge in [-0.25, -0.2) is 0 Å². The Labute approximate surface area is 120 Å². The van der Waals surface area contributed by atoms with Crippen LogP contribution in [0.25, 0.3) is 0 Å². The molecule has 0 aliphatic carbocycles. The molecule has 1 aliphatic rings. The molecule has 1 amide bonds. The third-order valence-corrected chi connectivity index (χ3v) is 3.15. The van der Waals surface area contributed by atoms with E-state index in [1.165, 1.54) is 6.07 Å². The maximum atomic E-state index is 13.4. The molecule has 1 fully saturated rings. The molecular weight excluding hydrogens is 281 g/mol. The minimum Gasteiger partial charge on any atom is -0.484 e. The Morgan fingerprint density at radius 3 is 3.00 bits per heavy atom. The molecule has 7 nitrogen and oxygen atoms in total. The Kier molecular flexibility index (Phi) is 5.04. The lowest BCUT2D eigenvalue weighted by Crippen LogP contribution is -2.46. The van der Waals surface area contributed by atoms with Gasteiger partial charge < -0.3 is 15.4 Å². The van der Waals surface area contributed by atoms with Gasteiger partial charge in [-0.15, -0.1) is 0 Å². The molecule has 0 unspecified atom stereocenters. The highest BCUT2D eigenvalue weighted by atomic mass is 19.1. The number of amides is 1. The minimum absolute atomic E-state index is 0.0726. The smallest absolute Gasteiger partial charge is 0.305 e. The fourth-order valence-electron chi connectivity index (χ4n) is 2.12. The van der Waals surface area contributed by atoms with Crippen LogP contribution in [0.15, 0.2) is 18.2 Å². The van der Waals surface area contributed by atoms with Crippen LogP contribution >= 0.6 is 0 Å². The van der Waals surface area contributed by atoms with Gasteiger partial charge in [-0.2, -0.15) is 4.39 Å². The molecule has 1 saturated heterocycles. The standard InChI is InChI=1S/C13H16FN3O4/c14-11-6-10(3-4-12(11)17(19)20)21-8-13(18)16-9-2-1-5-15-7-9/h3-4,6,9,15H,1-2,5,7-8H2,(H,16,18)/t9-/m0/s1. The van der Waals surface area contributed by atoms with Crippen LogP contribution < -0.4 is 15.4 Å². The number of ether oxygens (including phenoxy) is 1. The first-order valence-electron chi connectivity index (χ1n) is 6.63. The van der Waals surface area contributed by atoms with Crippen LogP contribution in [0.2, 0.25) is 0 Å². The van der Waals surface area contributed by atoms with E-state index in [1.807, 2.05) is 0 Å². The number of halogens is 1. The van der Waals surface area contributed by atoms with Crippen molar-refractivity contribution in [3.05, 3.63) is 34.1 Å². The summed E-state index contributed by atoms with van der Waals surface area (Å²) >= 11 is 0. The van der Waals surface area contributed by atoms with Crippen LogP contribution in [-0.2, 0) is 4.79 Å². The van der Waals surface area contributed by atoms with Gasteiger partial charge >= 0.3 is 5.69 Å². The Morgan fingerprint density at radius 1 is 1.57 bits per heavy atom. The van der Waals surface area contributed by atoms with Crippen LogP contribution in [0.4, 0.5) is 10.1 Å². The molecule has 0 radical (unpaired) electrons. The number of nitrogens with one attached hydrogen (secondary N) is 2. The molecule has 1 aromatic rings. The molecule has 114 valence electrons. The maximum absolute atomic E-state index is 13.4. The zero-order valence-corrected chi connectivity index (χ0v) is 11.3. The molecule has 0 spiro atoms. The van der Waals surface area contributed by atoms with Crippen molar-refractivity contribution < 1.29 is 18.8 Å². The second-order valence-corrected chi connectivity index (χ2v) is 4.77. The SMILES string of the molecule is O=C(COc1ccc([N+](=O)[O-])c(F)c1)N[C@H]1CCCNC1. The van der Waals surface area contributed by atoms with Crippen molar-refractivity contribution in [3.63, 3.8) is 0 Å². The van der Waals surface area contributed by atoms with Gasteiger partial charge in [0.1, 0.15) is 5.75 Å². The Morgan fingerprint density at radius 2 is 2.38 bits per heavy atom. The molecule has 1 heterocycles. The van der Waals surface area contributed by atoms with Crippen LogP contribution in [0.5, 0.6) is 5.75 Å². The van der Waals surface area contributed by atoms with E-state index in [9.17, 15) is 19.3 Å². The molecule has 0 bridgehead atoms. The number of carbonyl (C=O) groups excluding carboxylic acids is 1. The van der Waals surface area contributed by atoms with Crippen molar-refractivity contribution in [2.24, 2.45) is 0 Å². The van der Waals surface area contributed by atoms with Gasteiger partial charge in [0.2, 0.25) is 5.82 Å². The van der Waals surface area contributed by atoms with E-state index in [4.69, 9.17) is 4.74 Å². The summed E-state index contributed by atoms with van der Waals surface area (Å²) in [7, 11) is 0. The van der Waals surface area contributed by atoms with Crippen molar-refractivity contribution >= 4 is 11.6 Å². The summed E-state index contributed by atoms with van der Waals surface area (Å²) in [5.74, 6) is -1.22. The van der Waals surface area contributed by atoms with E-state index in [2.05, 4.69) is 10.6 Å². The highest BCUT2D eigenvalue weighted by Gasteiger charge is 2.17. The zero-order valence-electron chi connectivity index (χ0n) is 11.3. The summed E-state index contributed by atoms with van der Waals surface area (Å²) in [6.07, 6.45) is 1.91. The van der Waals surface area contributed by atoms with Crippen molar-refractivity contribution in [2.45, 2.75) is 18.9 Å². The minimum atomic E-state index is -0.991.